The first-order valence-electron chi connectivity index (χ1n) is 16.9. The minimum absolute atomic E-state index is 0.0132. The first-order chi connectivity index (χ1) is 23.6. The van der Waals surface area contributed by atoms with Crippen molar-refractivity contribution in [3.05, 3.63) is 41.0 Å². The first kappa shape index (κ1) is 35.4. The van der Waals surface area contributed by atoms with Crippen LogP contribution in [0, 0.1) is 17.8 Å². The summed E-state index contributed by atoms with van der Waals surface area (Å²) in [5.41, 5.74) is 0.538. The summed E-state index contributed by atoms with van der Waals surface area (Å²) < 4.78 is 33.8. The molecule has 1 aliphatic carbocycles. The van der Waals surface area contributed by atoms with E-state index < -0.39 is 65.0 Å². The van der Waals surface area contributed by atoms with E-state index in [1.807, 2.05) is 47.6 Å². The fourth-order valence-electron chi connectivity index (χ4n) is 8.19. The maximum Gasteiger partial charge on any atom is 0.408 e. The number of rotatable bonds is 8. The fraction of sp³-hybridized carbons (Fsp3) is 0.583. The number of nitrogens with one attached hydrogen (secondary N) is 2. The van der Waals surface area contributed by atoms with Gasteiger partial charge in [0, 0.05) is 35.8 Å². The number of hydroxylamine groups is 2. The zero-order valence-corrected chi connectivity index (χ0v) is 29.7. The molecule has 3 N–H and O–H groups in total. The van der Waals surface area contributed by atoms with Crippen LogP contribution in [0.3, 0.4) is 0 Å². The lowest BCUT2D eigenvalue weighted by Gasteiger charge is -2.49. The van der Waals surface area contributed by atoms with Crippen molar-refractivity contribution in [2.45, 2.75) is 89.6 Å². The third-order valence-electron chi connectivity index (χ3n) is 10.4. The van der Waals surface area contributed by atoms with Crippen LogP contribution in [0.2, 0.25) is 0 Å². The smallest absolute Gasteiger partial charge is 0.408 e. The van der Waals surface area contributed by atoms with Crippen molar-refractivity contribution in [1.82, 2.24) is 15.7 Å². The number of benzene rings is 2. The number of piperidine rings is 1. The number of aromatic hydroxyl groups is 1. The van der Waals surface area contributed by atoms with Crippen LogP contribution in [0.4, 0.5) is 4.79 Å². The van der Waals surface area contributed by atoms with Gasteiger partial charge in [-0.2, -0.15) is 0 Å². The Morgan fingerprint density at radius 1 is 0.940 bits per heavy atom. The van der Waals surface area contributed by atoms with Gasteiger partial charge in [0.25, 0.3) is 0 Å². The van der Waals surface area contributed by atoms with Crippen LogP contribution in [0.1, 0.15) is 83.0 Å². The molecule has 50 heavy (non-hydrogen) atoms. The molecule has 2 amide bonds. The Kier molecular flexibility index (Phi) is 9.23. The number of phenols is 1. The van der Waals surface area contributed by atoms with Crippen LogP contribution >= 0.6 is 0 Å². The number of hydrogen-bond acceptors (Lipinski definition) is 11. The molecule has 14 nitrogen and oxygen atoms in total. The Balaban J connectivity index is 1.31. The van der Waals surface area contributed by atoms with Gasteiger partial charge in [-0.3, -0.25) is 9.59 Å². The number of nitrogens with zero attached hydrogens (tertiary/aromatic N) is 1. The van der Waals surface area contributed by atoms with Crippen molar-refractivity contribution in [3.63, 3.8) is 0 Å². The zero-order chi connectivity index (χ0) is 36.3. The average molecular weight is 697 g/mol. The summed E-state index contributed by atoms with van der Waals surface area (Å²) in [6.07, 6.45) is -0.586. The van der Waals surface area contributed by atoms with E-state index in [0.29, 0.717) is 41.0 Å². The molecule has 2 fully saturated rings. The largest absolute Gasteiger partial charge is 0.502 e. The highest BCUT2D eigenvalue weighted by Crippen LogP contribution is 2.55. The van der Waals surface area contributed by atoms with E-state index in [9.17, 15) is 24.7 Å². The number of amides is 2. The predicted molar refractivity (Wildman–Crippen MR) is 176 cm³/mol. The maximum atomic E-state index is 14.1. The number of methoxy groups -OCH3 is 2. The second-order valence-electron chi connectivity index (χ2n) is 15.1. The van der Waals surface area contributed by atoms with Crippen molar-refractivity contribution < 1.29 is 53.1 Å². The van der Waals surface area contributed by atoms with E-state index in [-0.39, 0.29) is 36.6 Å². The van der Waals surface area contributed by atoms with Gasteiger partial charge >= 0.3 is 12.1 Å². The predicted octanol–water partition coefficient (Wildman–Crippen LogP) is 4.35. The second-order valence-corrected chi connectivity index (χ2v) is 15.1. The maximum absolute atomic E-state index is 14.1. The van der Waals surface area contributed by atoms with Crippen molar-refractivity contribution >= 4 is 18.0 Å². The molecule has 0 saturated carbocycles. The molecule has 1 radical (unpaired) electrons. The van der Waals surface area contributed by atoms with Crippen LogP contribution < -0.4 is 29.6 Å². The van der Waals surface area contributed by atoms with Gasteiger partial charge in [0.2, 0.25) is 18.4 Å². The van der Waals surface area contributed by atoms with Crippen LogP contribution in [-0.2, 0) is 24.3 Å². The minimum Gasteiger partial charge on any atom is -0.502 e. The molecule has 2 aromatic carbocycles. The van der Waals surface area contributed by atoms with Gasteiger partial charge in [0.15, 0.2) is 23.0 Å². The number of ether oxygens (including phenoxy) is 6. The number of cyclic esters (lactones) is 1. The minimum atomic E-state index is -0.986. The third-order valence-corrected chi connectivity index (χ3v) is 10.4. The van der Waals surface area contributed by atoms with E-state index in [4.69, 9.17) is 28.4 Å². The standard InChI is InChI=1S/C36H46N3O11/c1-17(2)29(38-34(43)50-19-13-35(3,4)39(44)36(5,6)14-19)32(41)37-30-21-12-24-23(48-16-49-24)11-20(21)27(28-22(30)15-47-33(28)42)18-9-25(45-7)31(40)26(10-18)46-8/h9-12,17,19,22,27-30,40H,13-16H2,1-8H3,(H,37,41)(H,38,43)/t22-,27+,28-,29-,30+/m0/s1. The molecule has 5 atom stereocenters. The Labute approximate surface area is 291 Å². The lowest BCUT2D eigenvalue weighted by atomic mass is 9.65. The van der Waals surface area contributed by atoms with Gasteiger partial charge in [-0.25, -0.2) is 4.79 Å². The number of carbonyl (C=O) groups is 3. The number of fused-ring (bicyclic) bond motifs is 3. The summed E-state index contributed by atoms with van der Waals surface area (Å²) in [6, 6.07) is 5.24. The second kappa shape index (κ2) is 13.0. The number of hydrogen-bond donors (Lipinski definition) is 3. The molecule has 0 bridgehead atoms. The van der Waals surface area contributed by atoms with Gasteiger partial charge in [-0.15, -0.1) is 10.3 Å². The molecule has 0 unspecified atom stereocenters. The fourth-order valence-corrected chi connectivity index (χ4v) is 8.19. The molecular formula is C36H46N3O11. The van der Waals surface area contributed by atoms with E-state index in [1.54, 1.807) is 18.2 Å². The highest BCUT2D eigenvalue weighted by molar-refractivity contribution is 5.87. The summed E-state index contributed by atoms with van der Waals surface area (Å²) >= 11 is 0. The Hall–Kier alpha value is -4.43. The van der Waals surface area contributed by atoms with E-state index in [0.717, 1.165) is 5.06 Å². The lowest BCUT2D eigenvalue weighted by molar-refractivity contribution is -0.298. The topological polar surface area (TPSA) is 174 Å². The molecular weight excluding hydrogens is 650 g/mol. The normalized spacial score (nSPS) is 25.6. The zero-order valence-electron chi connectivity index (χ0n) is 29.7. The average Bonchev–Trinajstić information content (AvgIpc) is 3.67. The van der Waals surface area contributed by atoms with Gasteiger partial charge in [0.05, 0.1) is 32.8 Å². The summed E-state index contributed by atoms with van der Waals surface area (Å²) in [6.45, 7) is 10.9. The van der Waals surface area contributed by atoms with Crippen LogP contribution in [0.25, 0.3) is 0 Å². The van der Waals surface area contributed by atoms with Crippen LogP contribution in [-0.4, -0.2) is 79.0 Å². The van der Waals surface area contributed by atoms with Crippen molar-refractivity contribution in [2.75, 3.05) is 27.6 Å². The first-order valence-corrected chi connectivity index (χ1v) is 16.9. The Morgan fingerprint density at radius 2 is 1.52 bits per heavy atom. The molecule has 2 saturated heterocycles. The molecule has 14 heteroatoms. The van der Waals surface area contributed by atoms with Crippen molar-refractivity contribution in [1.29, 1.82) is 0 Å². The highest BCUT2D eigenvalue weighted by atomic mass is 16.7. The van der Waals surface area contributed by atoms with Crippen LogP contribution in [0.5, 0.6) is 28.7 Å². The SMILES string of the molecule is COc1cc([C@@H]2c3cc4c(cc3[C@@H](NC(=O)[C@@H](NC(=O)OC3CC(C)(C)N([O])C(C)(C)C3)C(C)C)[C@H]3COC(=O)[C@H]23)OCO4)cc(OC)c1O. The monoisotopic (exact) mass is 696 g/mol. The number of phenolic OH excluding ortho intramolecular Hbond substituents is 1. The molecule has 3 aliphatic heterocycles. The summed E-state index contributed by atoms with van der Waals surface area (Å²) in [5, 5.41) is 30.4. The Morgan fingerprint density at radius 3 is 2.08 bits per heavy atom. The third kappa shape index (κ3) is 6.23. The van der Waals surface area contributed by atoms with E-state index >= 15 is 0 Å². The van der Waals surface area contributed by atoms with Crippen molar-refractivity contribution in [2.24, 2.45) is 17.8 Å². The Bertz CT molecular complexity index is 1630. The van der Waals surface area contributed by atoms with Gasteiger partial charge in [-0.1, -0.05) is 13.8 Å². The van der Waals surface area contributed by atoms with Gasteiger partial charge in [0.1, 0.15) is 12.1 Å². The molecule has 0 aromatic heterocycles. The number of carbonyl (C=O) groups excluding carboxylic acids is 3. The van der Waals surface area contributed by atoms with E-state index in [1.165, 1.54) is 14.2 Å². The molecule has 6 rings (SSSR count). The lowest BCUT2D eigenvalue weighted by Crippen LogP contribution is -2.60. The molecule has 0 spiro atoms. The van der Waals surface area contributed by atoms with Gasteiger partial charge in [-0.05, 0) is 74.6 Å². The van der Waals surface area contributed by atoms with Crippen molar-refractivity contribution in [3.8, 4) is 28.7 Å². The van der Waals surface area contributed by atoms with Gasteiger partial charge < -0.3 is 44.2 Å². The summed E-state index contributed by atoms with van der Waals surface area (Å²) in [7, 11) is 2.85. The highest BCUT2D eigenvalue weighted by Gasteiger charge is 2.54. The molecule has 3 heterocycles. The quantitative estimate of drug-likeness (QED) is 0.335. The summed E-state index contributed by atoms with van der Waals surface area (Å²) in [4.78, 5) is 40.9. The summed E-state index contributed by atoms with van der Waals surface area (Å²) in [5.74, 6) is -1.92. The number of esters is 1. The van der Waals surface area contributed by atoms with Crippen LogP contribution in [0.15, 0.2) is 24.3 Å². The van der Waals surface area contributed by atoms with E-state index in [2.05, 4.69) is 10.6 Å². The number of alkyl carbamates (subject to hydrolysis) is 1. The molecule has 4 aliphatic rings. The molecule has 271 valence electrons. The molecule has 2 aromatic rings.